The second-order valence-electron chi connectivity index (χ2n) is 5.01. The number of aryl methyl sites for hydroxylation is 1. The van der Waals surface area contributed by atoms with Crippen molar-refractivity contribution in [3.05, 3.63) is 35.4 Å². The van der Waals surface area contributed by atoms with Crippen LogP contribution in [0.3, 0.4) is 0 Å². The predicted molar refractivity (Wildman–Crippen MR) is 78.7 cm³/mol. The third-order valence-electron chi connectivity index (χ3n) is 3.53. The molecule has 3 nitrogen and oxygen atoms in total. The average Bonchev–Trinajstić information content (AvgIpc) is 2.91. The van der Waals surface area contributed by atoms with Gasteiger partial charge in [0, 0.05) is 0 Å². The number of hydrogen-bond donors (Lipinski definition) is 1. The highest BCUT2D eigenvalue weighted by molar-refractivity contribution is 6.53. The van der Waals surface area contributed by atoms with E-state index in [-0.39, 0.29) is 5.91 Å². The first-order valence-electron chi connectivity index (χ1n) is 6.19. The van der Waals surface area contributed by atoms with Crippen LogP contribution in [-0.4, -0.2) is 16.5 Å². The number of hydrazone groups is 1. The number of carbonyl (C=O) groups excluding carboxylic acids is 1. The normalized spacial score (nSPS) is 24.4. The Balaban J connectivity index is 1.91. The molecule has 0 saturated heterocycles. The van der Waals surface area contributed by atoms with Gasteiger partial charge in [0.1, 0.15) is 4.33 Å². The van der Waals surface area contributed by atoms with E-state index in [0.717, 1.165) is 12.0 Å². The quantitative estimate of drug-likeness (QED) is 0.517. The molecule has 1 fully saturated rings. The number of halogens is 2. The van der Waals surface area contributed by atoms with Gasteiger partial charge in [-0.3, -0.25) is 4.79 Å². The van der Waals surface area contributed by atoms with E-state index < -0.39 is 9.75 Å². The number of amides is 1. The van der Waals surface area contributed by atoms with Gasteiger partial charge in [-0.1, -0.05) is 31.2 Å². The van der Waals surface area contributed by atoms with E-state index in [2.05, 4.69) is 17.5 Å². The number of nitrogens with zero attached hydrogens (tertiary/aromatic N) is 1. The summed E-state index contributed by atoms with van der Waals surface area (Å²) in [5, 5.41) is 3.93. The summed E-state index contributed by atoms with van der Waals surface area (Å²) in [5.41, 5.74) is 3.94. The standard InChI is InChI=1S/C14H16Cl2N2O/c1-3-10-4-6-11(7-5-10)8-17-18-12(19)13(2)9-14(13,15)16/h4-8H,3,9H2,1-2H3,(H,18,19)/b17-8-/t13-/m0/s1. The van der Waals surface area contributed by atoms with E-state index >= 15 is 0 Å². The summed E-state index contributed by atoms with van der Waals surface area (Å²) in [6.07, 6.45) is 3.06. The summed E-state index contributed by atoms with van der Waals surface area (Å²) in [6, 6.07) is 7.99. The Kier molecular flexibility index (Phi) is 3.88. The minimum Gasteiger partial charge on any atom is -0.272 e. The van der Waals surface area contributed by atoms with Crippen LogP contribution in [0.2, 0.25) is 0 Å². The molecule has 0 aromatic heterocycles. The zero-order valence-electron chi connectivity index (χ0n) is 10.9. The first-order valence-corrected chi connectivity index (χ1v) is 6.95. The van der Waals surface area contributed by atoms with Crippen LogP contribution >= 0.6 is 23.2 Å². The van der Waals surface area contributed by atoms with E-state index in [0.29, 0.717) is 6.42 Å². The Morgan fingerprint density at radius 1 is 1.42 bits per heavy atom. The van der Waals surface area contributed by atoms with Gasteiger partial charge < -0.3 is 0 Å². The molecular weight excluding hydrogens is 283 g/mol. The van der Waals surface area contributed by atoms with Crippen LogP contribution < -0.4 is 5.43 Å². The molecule has 1 saturated carbocycles. The Hall–Kier alpha value is -1.06. The van der Waals surface area contributed by atoms with Crippen LogP contribution in [0.15, 0.2) is 29.4 Å². The van der Waals surface area contributed by atoms with Crippen LogP contribution in [0.1, 0.15) is 31.4 Å². The minimum absolute atomic E-state index is 0.251. The molecule has 5 heteroatoms. The van der Waals surface area contributed by atoms with Crippen molar-refractivity contribution in [2.75, 3.05) is 0 Å². The first-order chi connectivity index (χ1) is 8.89. The molecule has 0 aliphatic heterocycles. The molecular formula is C14H16Cl2N2O. The molecule has 1 N–H and O–H groups in total. The van der Waals surface area contributed by atoms with Crippen molar-refractivity contribution in [1.82, 2.24) is 5.43 Å². The fourth-order valence-corrected chi connectivity index (χ4v) is 2.48. The molecule has 0 heterocycles. The van der Waals surface area contributed by atoms with Gasteiger partial charge in [-0.05, 0) is 30.9 Å². The van der Waals surface area contributed by atoms with Crippen LogP contribution in [0, 0.1) is 5.41 Å². The van der Waals surface area contributed by atoms with Gasteiger partial charge in [0.15, 0.2) is 0 Å². The van der Waals surface area contributed by atoms with Crippen LogP contribution in [0.25, 0.3) is 0 Å². The molecule has 19 heavy (non-hydrogen) atoms. The van der Waals surface area contributed by atoms with Crippen molar-refractivity contribution in [3.8, 4) is 0 Å². The van der Waals surface area contributed by atoms with Crippen LogP contribution in [0.4, 0.5) is 0 Å². The van der Waals surface area contributed by atoms with Crippen molar-refractivity contribution >= 4 is 35.3 Å². The third-order valence-corrected chi connectivity index (χ3v) is 4.63. The second-order valence-corrected chi connectivity index (χ2v) is 6.49. The maximum atomic E-state index is 11.8. The highest BCUT2D eigenvalue weighted by Crippen LogP contribution is 2.63. The minimum atomic E-state index is -0.963. The smallest absolute Gasteiger partial charge is 0.249 e. The van der Waals surface area contributed by atoms with E-state index in [1.807, 2.05) is 24.3 Å². The average molecular weight is 299 g/mol. The second kappa shape index (κ2) is 5.14. The monoisotopic (exact) mass is 298 g/mol. The fraction of sp³-hybridized carbons (Fsp3) is 0.429. The van der Waals surface area contributed by atoms with Crippen LogP contribution in [-0.2, 0) is 11.2 Å². The maximum Gasteiger partial charge on any atom is 0.249 e. The molecule has 1 amide bonds. The van der Waals surface area contributed by atoms with Crippen molar-refractivity contribution < 1.29 is 4.79 Å². The molecule has 1 aromatic carbocycles. The summed E-state index contributed by atoms with van der Waals surface area (Å²) < 4.78 is -0.963. The van der Waals surface area contributed by atoms with E-state index in [1.165, 1.54) is 5.56 Å². The van der Waals surface area contributed by atoms with Crippen molar-refractivity contribution in [2.24, 2.45) is 10.5 Å². The third kappa shape index (κ3) is 2.93. The molecule has 2 rings (SSSR count). The zero-order chi connectivity index (χ0) is 14.1. The lowest BCUT2D eigenvalue weighted by molar-refractivity contribution is -0.125. The van der Waals surface area contributed by atoms with Crippen molar-refractivity contribution in [1.29, 1.82) is 0 Å². The molecule has 1 aliphatic carbocycles. The lowest BCUT2D eigenvalue weighted by atomic mass is 10.1. The Labute approximate surface area is 123 Å². The van der Waals surface area contributed by atoms with Crippen LogP contribution in [0.5, 0.6) is 0 Å². The Morgan fingerprint density at radius 3 is 2.47 bits per heavy atom. The number of hydrogen-bond acceptors (Lipinski definition) is 2. The predicted octanol–water partition coefficient (Wildman–Crippen LogP) is 3.28. The topological polar surface area (TPSA) is 41.5 Å². The SMILES string of the molecule is CCc1ccc(/C=N\NC(=O)[C@]2(C)CC2(Cl)Cl)cc1. The van der Waals surface area contributed by atoms with E-state index in [9.17, 15) is 4.79 Å². The lowest BCUT2D eigenvalue weighted by Crippen LogP contribution is -2.29. The Bertz CT molecular complexity index is 511. The molecule has 1 atom stereocenters. The molecule has 1 aliphatic rings. The molecule has 0 bridgehead atoms. The van der Waals surface area contributed by atoms with E-state index in [4.69, 9.17) is 23.2 Å². The van der Waals surface area contributed by atoms with Gasteiger partial charge in [-0.25, -0.2) is 5.43 Å². The largest absolute Gasteiger partial charge is 0.272 e. The number of benzene rings is 1. The highest BCUT2D eigenvalue weighted by atomic mass is 35.5. The number of alkyl halides is 2. The van der Waals surface area contributed by atoms with Crippen molar-refractivity contribution in [2.45, 2.75) is 31.0 Å². The first kappa shape index (κ1) is 14.4. The van der Waals surface area contributed by atoms with Gasteiger partial charge in [0.25, 0.3) is 0 Å². The number of rotatable bonds is 4. The Morgan fingerprint density at radius 2 is 2.00 bits per heavy atom. The van der Waals surface area contributed by atoms with Crippen molar-refractivity contribution in [3.63, 3.8) is 0 Å². The summed E-state index contributed by atoms with van der Waals surface area (Å²) >= 11 is 11.9. The number of carbonyl (C=O) groups is 1. The summed E-state index contributed by atoms with van der Waals surface area (Å²) in [7, 11) is 0. The van der Waals surface area contributed by atoms with Gasteiger partial charge in [-0.15, -0.1) is 23.2 Å². The highest BCUT2D eigenvalue weighted by Gasteiger charge is 2.68. The fourth-order valence-electron chi connectivity index (χ4n) is 1.77. The summed E-state index contributed by atoms with van der Waals surface area (Å²) in [6.45, 7) is 3.83. The van der Waals surface area contributed by atoms with Gasteiger partial charge in [0.2, 0.25) is 5.91 Å². The number of nitrogens with one attached hydrogen (secondary N) is 1. The van der Waals surface area contributed by atoms with E-state index in [1.54, 1.807) is 13.1 Å². The maximum absolute atomic E-state index is 11.8. The lowest BCUT2D eigenvalue weighted by Gasteiger charge is -2.08. The molecule has 0 spiro atoms. The summed E-state index contributed by atoms with van der Waals surface area (Å²) in [5.74, 6) is -0.251. The molecule has 1 aromatic rings. The van der Waals surface area contributed by atoms with Gasteiger partial charge in [0.05, 0.1) is 11.6 Å². The zero-order valence-corrected chi connectivity index (χ0v) is 12.4. The van der Waals surface area contributed by atoms with Gasteiger partial charge >= 0.3 is 0 Å². The molecule has 0 radical (unpaired) electrons. The molecule has 102 valence electrons. The molecule has 0 unspecified atom stereocenters. The van der Waals surface area contributed by atoms with Gasteiger partial charge in [-0.2, -0.15) is 5.10 Å². The summed E-state index contributed by atoms with van der Waals surface area (Å²) in [4.78, 5) is 11.8.